The first-order valence-electron chi connectivity index (χ1n) is 8.96. The van der Waals surface area contributed by atoms with Gasteiger partial charge in [0.15, 0.2) is 0 Å². The van der Waals surface area contributed by atoms with Crippen LogP contribution in [0.1, 0.15) is 15.9 Å². The molecule has 2 aromatic carbocycles. The third kappa shape index (κ3) is 3.68. The van der Waals surface area contributed by atoms with E-state index in [9.17, 15) is 9.18 Å². The Bertz CT molecular complexity index is 964. The Kier molecular flexibility index (Phi) is 5.09. The standard InChI is InChI=1S/C21H21FN2O2S/c1-26-19-7-6-16(22)12-18(19)21(25)24-10-8-23(9-11-24)13-15-14-27-20-5-3-2-4-17(15)20/h2-7,12,14H,8-11,13H2,1H3. The summed E-state index contributed by atoms with van der Waals surface area (Å²) < 4.78 is 20.1. The number of methoxy groups -OCH3 is 1. The quantitative estimate of drug-likeness (QED) is 0.681. The molecule has 0 spiro atoms. The number of hydrogen-bond donors (Lipinski definition) is 0. The first-order valence-corrected chi connectivity index (χ1v) is 9.84. The molecule has 3 aromatic rings. The van der Waals surface area contributed by atoms with E-state index >= 15 is 0 Å². The molecule has 1 aromatic heterocycles. The molecule has 0 bridgehead atoms. The Hall–Kier alpha value is -2.44. The SMILES string of the molecule is COc1ccc(F)cc1C(=O)N1CCN(Cc2csc3ccccc23)CC1. The smallest absolute Gasteiger partial charge is 0.257 e. The van der Waals surface area contributed by atoms with E-state index in [1.165, 1.54) is 41.0 Å². The number of carbonyl (C=O) groups is 1. The minimum Gasteiger partial charge on any atom is -0.496 e. The first-order chi connectivity index (χ1) is 13.2. The molecule has 0 aliphatic carbocycles. The fourth-order valence-electron chi connectivity index (χ4n) is 3.52. The third-order valence-electron chi connectivity index (χ3n) is 5.01. The Labute approximate surface area is 161 Å². The van der Waals surface area contributed by atoms with Crippen LogP contribution in [0.4, 0.5) is 4.39 Å². The van der Waals surface area contributed by atoms with Crippen molar-refractivity contribution in [3.05, 3.63) is 64.8 Å². The van der Waals surface area contributed by atoms with Crippen LogP contribution in [0.2, 0.25) is 0 Å². The van der Waals surface area contributed by atoms with E-state index in [-0.39, 0.29) is 11.5 Å². The zero-order chi connectivity index (χ0) is 18.8. The molecular weight excluding hydrogens is 363 g/mol. The van der Waals surface area contributed by atoms with Gasteiger partial charge in [0.25, 0.3) is 5.91 Å². The van der Waals surface area contributed by atoms with Gasteiger partial charge in [-0.3, -0.25) is 9.69 Å². The van der Waals surface area contributed by atoms with Crippen molar-refractivity contribution in [1.29, 1.82) is 0 Å². The van der Waals surface area contributed by atoms with E-state index < -0.39 is 5.82 Å². The number of nitrogens with zero attached hydrogens (tertiary/aromatic N) is 2. The number of piperazine rings is 1. The molecule has 1 aliphatic heterocycles. The summed E-state index contributed by atoms with van der Waals surface area (Å²) in [6.45, 7) is 3.73. The van der Waals surface area contributed by atoms with Gasteiger partial charge < -0.3 is 9.64 Å². The van der Waals surface area contributed by atoms with Crippen molar-refractivity contribution in [2.45, 2.75) is 6.54 Å². The summed E-state index contributed by atoms with van der Waals surface area (Å²) in [5.74, 6) is -0.192. The van der Waals surface area contributed by atoms with Gasteiger partial charge in [0.05, 0.1) is 12.7 Å². The molecule has 1 fully saturated rings. The molecule has 6 heteroatoms. The maximum Gasteiger partial charge on any atom is 0.257 e. The van der Waals surface area contributed by atoms with Crippen LogP contribution in [0.15, 0.2) is 47.8 Å². The summed E-state index contributed by atoms with van der Waals surface area (Å²) in [6, 6.07) is 12.5. The van der Waals surface area contributed by atoms with Gasteiger partial charge in [0, 0.05) is 37.4 Å². The second-order valence-corrected chi connectivity index (χ2v) is 7.58. The summed E-state index contributed by atoms with van der Waals surface area (Å²) in [5, 5.41) is 3.53. The van der Waals surface area contributed by atoms with E-state index in [1.807, 2.05) is 0 Å². The number of amides is 1. The molecule has 27 heavy (non-hydrogen) atoms. The number of benzene rings is 2. The number of carbonyl (C=O) groups excluding carboxylic acids is 1. The van der Waals surface area contributed by atoms with Gasteiger partial charge in [-0.05, 0) is 40.6 Å². The van der Waals surface area contributed by atoms with Crippen LogP contribution in [-0.4, -0.2) is 49.0 Å². The molecule has 2 heterocycles. The lowest BCUT2D eigenvalue weighted by Gasteiger charge is -2.35. The van der Waals surface area contributed by atoms with Gasteiger partial charge >= 0.3 is 0 Å². The highest BCUT2D eigenvalue weighted by molar-refractivity contribution is 7.17. The Morgan fingerprint density at radius 2 is 1.93 bits per heavy atom. The van der Waals surface area contributed by atoms with Crippen molar-refractivity contribution >= 4 is 27.3 Å². The van der Waals surface area contributed by atoms with Crippen LogP contribution >= 0.6 is 11.3 Å². The fraction of sp³-hybridized carbons (Fsp3) is 0.286. The first kappa shape index (κ1) is 17.9. The number of ether oxygens (including phenoxy) is 1. The van der Waals surface area contributed by atoms with E-state index in [2.05, 4.69) is 34.5 Å². The molecule has 1 amide bonds. The lowest BCUT2D eigenvalue weighted by molar-refractivity contribution is 0.0625. The van der Waals surface area contributed by atoms with Crippen LogP contribution < -0.4 is 4.74 Å². The van der Waals surface area contributed by atoms with Crippen molar-refractivity contribution in [3.8, 4) is 5.75 Å². The van der Waals surface area contributed by atoms with Crippen LogP contribution in [-0.2, 0) is 6.54 Å². The lowest BCUT2D eigenvalue weighted by Crippen LogP contribution is -2.48. The monoisotopic (exact) mass is 384 g/mol. The molecule has 140 valence electrons. The van der Waals surface area contributed by atoms with Crippen molar-refractivity contribution in [1.82, 2.24) is 9.80 Å². The van der Waals surface area contributed by atoms with Crippen LogP contribution in [0, 0.1) is 5.82 Å². The maximum absolute atomic E-state index is 13.6. The maximum atomic E-state index is 13.6. The summed E-state index contributed by atoms with van der Waals surface area (Å²) in [4.78, 5) is 16.9. The van der Waals surface area contributed by atoms with Crippen LogP contribution in [0.25, 0.3) is 10.1 Å². The molecule has 4 rings (SSSR count). The van der Waals surface area contributed by atoms with Crippen molar-refractivity contribution < 1.29 is 13.9 Å². The second kappa shape index (κ2) is 7.66. The predicted molar refractivity (Wildman–Crippen MR) is 106 cm³/mol. The zero-order valence-electron chi connectivity index (χ0n) is 15.2. The van der Waals surface area contributed by atoms with Crippen molar-refractivity contribution in [2.24, 2.45) is 0 Å². The van der Waals surface area contributed by atoms with E-state index in [0.717, 1.165) is 19.6 Å². The summed E-state index contributed by atoms with van der Waals surface area (Å²) in [6.07, 6.45) is 0. The molecule has 4 nitrogen and oxygen atoms in total. The topological polar surface area (TPSA) is 32.8 Å². The van der Waals surface area contributed by atoms with Gasteiger partial charge in [-0.1, -0.05) is 18.2 Å². The molecule has 1 saturated heterocycles. The highest BCUT2D eigenvalue weighted by atomic mass is 32.1. The molecule has 0 saturated carbocycles. The third-order valence-corrected chi connectivity index (χ3v) is 6.02. The van der Waals surface area contributed by atoms with Gasteiger partial charge in [-0.15, -0.1) is 11.3 Å². The molecule has 1 aliphatic rings. The number of halogens is 1. The Morgan fingerprint density at radius 1 is 1.15 bits per heavy atom. The average molecular weight is 384 g/mol. The second-order valence-electron chi connectivity index (χ2n) is 6.67. The molecule has 0 atom stereocenters. The van der Waals surface area contributed by atoms with Gasteiger partial charge in [0.2, 0.25) is 0 Å². The van der Waals surface area contributed by atoms with Gasteiger partial charge in [-0.2, -0.15) is 0 Å². The highest BCUT2D eigenvalue weighted by Gasteiger charge is 2.25. The van der Waals surface area contributed by atoms with E-state index in [1.54, 1.807) is 16.2 Å². The minimum atomic E-state index is -0.429. The Balaban J connectivity index is 1.42. The van der Waals surface area contributed by atoms with E-state index in [4.69, 9.17) is 4.74 Å². The molecular formula is C21H21FN2O2S. The average Bonchev–Trinajstić information content (AvgIpc) is 3.11. The Morgan fingerprint density at radius 3 is 2.70 bits per heavy atom. The van der Waals surface area contributed by atoms with E-state index in [0.29, 0.717) is 18.8 Å². The molecule has 0 N–H and O–H groups in total. The minimum absolute atomic E-state index is 0.174. The number of fused-ring (bicyclic) bond motifs is 1. The number of rotatable bonds is 4. The molecule has 0 unspecified atom stereocenters. The highest BCUT2D eigenvalue weighted by Crippen LogP contribution is 2.27. The number of thiophene rings is 1. The lowest BCUT2D eigenvalue weighted by atomic mass is 10.1. The predicted octanol–water partition coefficient (Wildman–Crippen LogP) is 4.01. The fourth-order valence-corrected chi connectivity index (χ4v) is 4.48. The molecule has 0 radical (unpaired) electrons. The summed E-state index contributed by atoms with van der Waals surface area (Å²) in [7, 11) is 1.49. The van der Waals surface area contributed by atoms with Gasteiger partial charge in [-0.25, -0.2) is 4.39 Å². The zero-order valence-corrected chi connectivity index (χ0v) is 16.0. The van der Waals surface area contributed by atoms with Gasteiger partial charge in [0.1, 0.15) is 11.6 Å². The summed E-state index contributed by atoms with van der Waals surface area (Å²) >= 11 is 1.77. The van der Waals surface area contributed by atoms with Crippen molar-refractivity contribution in [3.63, 3.8) is 0 Å². The summed E-state index contributed by atoms with van der Waals surface area (Å²) in [5.41, 5.74) is 1.62. The van der Waals surface area contributed by atoms with Crippen LogP contribution in [0.3, 0.4) is 0 Å². The number of hydrogen-bond acceptors (Lipinski definition) is 4. The largest absolute Gasteiger partial charge is 0.496 e. The normalized spacial score (nSPS) is 15.3. The van der Waals surface area contributed by atoms with Crippen molar-refractivity contribution in [2.75, 3.05) is 33.3 Å². The van der Waals surface area contributed by atoms with Crippen LogP contribution in [0.5, 0.6) is 5.75 Å².